The molecule has 1 heterocycles. The molecule has 0 amide bonds. The Kier molecular flexibility index (Phi) is 3.57. The first-order chi connectivity index (χ1) is 6.83. The third-order valence-electron chi connectivity index (χ3n) is 2.38. The first-order valence-corrected chi connectivity index (χ1v) is 6.36. The average Bonchev–Trinajstić information content (AvgIpc) is 2.32. The molecule has 0 aromatic rings. The Morgan fingerprint density at radius 1 is 1.67 bits per heavy atom. The van der Waals surface area contributed by atoms with Crippen LogP contribution in [0.1, 0.15) is 34.1 Å². The highest BCUT2D eigenvalue weighted by atomic mass is 31.2. The summed E-state index contributed by atoms with van der Waals surface area (Å²) in [6.07, 6.45) is -0.626. The maximum Gasteiger partial charge on any atom is 0.477 e. The zero-order valence-corrected chi connectivity index (χ0v) is 10.3. The van der Waals surface area contributed by atoms with E-state index in [4.69, 9.17) is 18.8 Å². The summed E-state index contributed by atoms with van der Waals surface area (Å²) in [7, 11) is -3.56. The molecular weight excluding hydrogens is 217 g/mol. The number of rotatable bonds is 3. The molecule has 0 saturated carbocycles. The van der Waals surface area contributed by atoms with E-state index < -0.39 is 19.5 Å². The van der Waals surface area contributed by atoms with Crippen molar-refractivity contribution in [1.82, 2.24) is 0 Å². The van der Waals surface area contributed by atoms with Gasteiger partial charge in [0.25, 0.3) is 0 Å². The Labute approximate surface area is 89.9 Å². The van der Waals surface area contributed by atoms with Gasteiger partial charge in [0, 0.05) is 0 Å². The molecule has 3 unspecified atom stereocenters. The molecule has 0 aliphatic carbocycles. The Balaban J connectivity index is 2.72. The molecule has 1 saturated heterocycles. The van der Waals surface area contributed by atoms with Gasteiger partial charge in [-0.25, -0.2) is 4.57 Å². The molecule has 1 fully saturated rings. The zero-order chi connectivity index (χ0) is 11.7. The number of hydrogen-bond donors (Lipinski definition) is 0. The quantitative estimate of drug-likeness (QED) is 0.701. The van der Waals surface area contributed by atoms with Crippen LogP contribution in [0.5, 0.6) is 0 Å². The normalized spacial score (nSPS) is 36.1. The van der Waals surface area contributed by atoms with Crippen LogP contribution in [0.2, 0.25) is 0 Å². The predicted octanol–water partition coefficient (Wildman–Crippen LogP) is 2.63. The van der Waals surface area contributed by atoms with Crippen LogP contribution in [0.3, 0.4) is 0 Å². The minimum Gasteiger partial charge on any atom is -0.281 e. The fourth-order valence-electron chi connectivity index (χ4n) is 1.10. The van der Waals surface area contributed by atoms with Crippen molar-refractivity contribution >= 4 is 7.82 Å². The summed E-state index contributed by atoms with van der Waals surface area (Å²) in [5, 5.41) is 8.69. The lowest BCUT2D eigenvalue weighted by Crippen LogP contribution is -2.29. The molecule has 0 bridgehead atoms. The molecule has 1 aliphatic heterocycles. The van der Waals surface area contributed by atoms with Crippen molar-refractivity contribution in [2.45, 2.75) is 51.9 Å². The summed E-state index contributed by atoms with van der Waals surface area (Å²) in [6, 6.07) is 1.89. The second-order valence-corrected chi connectivity index (χ2v) is 5.52. The van der Waals surface area contributed by atoms with Crippen LogP contribution in [0.15, 0.2) is 0 Å². The number of nitriles is 1. The van der Waals surface area contributed by atoms with Crippen molar-refractivity contribution in [2.24, 2.45) is 0 Å². The molecule has 0 aromatic carbocycles. The van der Waals surface area contributed by atoms with Crippen molar-refractivity contribution in [3.63, 3.8) is 0 Å². The van der Waals surface area contributed by atoms with E-state index in [9.17, 15) is 4.57 Å². The van der Waals surface area contributed by atoms with Crippen LogP contribution >= 0.6 is 7.82 Å². The highest BCUT2D eigenvalue weighted by Crippen LogP contribution is 2.61. The first kappa shape index (κ1) is 12.7. The van der Waals surface area contributed by atoms with Crippen molar-refractivity contribution in [3.8, 4) is 6.07 Å². The molecule has 15 heavy (non-hydrogen) atoms. The molecule has 0 N–H and O–H groups in total. The standard InChI is InChI=1S/C9H16NO4P/c1-5-8(6-10)13-15(11)12-7(2)9(3,4)14-15/h7-8H,5H2,1-4H3. The summed E-state index contributed by atoms with van der Waals surface area (Å²) in [6.45, 7) is 7.07. The van der Waals surface area contributed by atoms with Gasteiger partial charge in [-0.15, -0.1) is 0 Å². The molecule has 0 spiro atoms. The van der Waals surface area contributed by atoms with Gasteiger partial charge in [0.2, 0.25) is 0 Å². The van der Waals surface area contributed by atoms with Crippen LogP contribution in [0.25, 0.3) is 0 Å². The second-order valence-electron chi connectivity index (χ2n) is 4.02. The van der Waals surface area contributed by atoms with Crippen molar-refractivity contribution in [2.75, 3.05) is 0 Å². The summed E-state index contributed by atoms with van der Waals surface area (Å²) in [5.74, 6) is 0. The minimum atomic E-state index is -3.56. The van der Waals surface area contributed by atoms with E-state index in [1.807, 2.05) is 6.07 Å². The second kappa shape index (κ2) is 4.23. The third kappa shape index (κ3) is 2.79. The fraction of sp³-hybridized carbons (Fsp3) is 0.889. The number of phosphoric ester groups is 1. The lowest BCUT2D eigenvalue weighted by atomic mass is 10.0. The molecule has 0 aromatic heterocycles. The van der Waals surface area contributed by atoms with Crippen LogP contribution in [-0.4, -0.2) is 17.8 Å². The van der Waals surface area contributed by atoms with Gasteiger partial charge in [-0.1, -0.05) is 6.92 Å². The van der Waals surface area contributed by atoms with Gasteiger partial charge in [-0.3, -0.25) is 13.6 Å². The van der Waals surface area contributed by atoms with Crippen molar-refractivity contribution in [1.29, 1.82) is 5.26 Å². The van der Waals surface area contributed by atoms with Gasteiger partial charge >= 0.3 is 7.82 Å². The highest BCUT2D eigenvalue weighted by Gasteiger charge is 2.50. The number of phosphoric acid groups is 1. The van der Waals surface area contributed by atoms with E-state index in [2.05, 4.69) is 0 Å². The minimum absolute atomic E-state index is 0.320. The van der Waals surface area contributed by atoms with Gasteiger partial charge in [-0.05, 0) is 27.2 Å². The molecule has 1 rings (SSSR count). The van der Waals surface area contributed by atoms with E-state index in [-0.39, 0.29) is 6.10 Å². The first-order valence-electron chi connectivity index (χ1n) is 4.90. The van der Waals surface area contributed by atoms with Crippen LogP contribution in [0.4, 0.5) is 0 Å². The molecule has 0 radical (unpaired) electrons. The Bertz CT molecular complexity index is 323. The molecular formula is C9H16NO4P. The van der Waals surface area contributed by atoms with E-state index in [0.717, 1.165) is 0 Å². The maximum absolute atomic E-state index is 11.9. The Morgan fingerprint density at radius 3 is 2.60 bits per heavy atom. The largest absolute Gasteiger partial charge is 0.477 e. The predicted molar refractivity (Wildman–Crippen MR) is 54.1 cm³/mol. The lowest BCUT2D eigenvalue weighted by molar-refractivity contribution is 0.0791. The average molecular weight is 233 g/mol. The Hall–Kier alpha value is -0.400. The highest BCUT2D eigenvalue weighted by molar-refractivity contribution is 7.48. The fourth-order valence-corrected chi connectivity index (χ4v) is 3.11. The summed E-state index contributed by atoms with van der Waals surface area (Å²) >= 11 is 0. The van der Waals surface area contributed by atoms with E-state index in [1.54, 1.807) is 27.7 Å². The maximum atomic E-state index is 11.9. The SMILES string of the molecule is CCC(C#N)OP1(=O)OC(C)C(C)(C)O1. The lowest BCUT2D eigenvalue weighted by Gasteiger charge is -2.18. The van der Waals surface area contributed by atoms with Gasteiger partial charge in [0.15, 0.2) is 6.10 Å². The Morgan fingerprint density at radius 2 is 2.27 bits per heavy atom. The van der Waals surface area contributed by atoms with Crippen LogP contribution in [-0.2, 0) is 18.1 Å². The van der Waals surface area contributed by atoms with E-state index >= 15 is 0 Å². The van der Waals surface area contributed by atoms with Gasteiger partial charge in [0.1, 0.15) is 5.60 Å². The van der Waals surface area contributed by atoms with E-state index in [0.29, 0.717) is 6.42 Å². The topological polar surface area (TPSA) is 68.5 Å². The zero-order valence-electron chi connectivity index (χ0n) is 9.39. The molecule has 5 nitrogen and oxygen atoms in total. The van der Waals surface area contributed by atoms with Gasteiger partial charge < -0.3 is 0 Å². The van der Waals surface area contributed by atoms with Gasteiger partial charge in [-0.2, -0.15) is 5.26 Å². The smallest absolute Gasteiger partial charge is 0.281 e. The monoisotopic (exact) mass is 233 g/mol. The third-order valence-corrected chi connectivity index (χ3v) is 4.17. The van der Waals surface area contributed by atoms with Crippen molar-refractivity contribution in [3.05, 3.63) is 0 Å². The summed E-state index contributed by atoms with van der Waals surface area (Å²) in [5.41, 5.74) is -0.650. The van der Waals surface area contributed by atoms with Crippen LogP contribution in [0, 0.1) is 11.3 Å². The van der Waals surface area contributed by atoms with E-state index in [1.165, 1.54) is 0 Å². The van der Waals surface area contributed by atoms with Gasteiger partial charge in [0.05, 0.1) is 12.2 Å². The number of hydrogen-bond acceptors (Lipinski definition) is 5. The van der Waals surface area contributed by atoms with Crippen molar-refractivity contribution < 1.29 is 18.1 Å². The molecule has 86 valence electrons. The summed E-state index contributed by atoms with van der Waals surface area (Å²) < 4.78 is 27.4. The molecule has 3 atom stereocenters. The summed E-state index contributed by atoms with van der Waals surface area (Å²) in [4.78, 5) is 0. The molecule has 6 heteroatoms. The number of nitrogens with zero attached hydrogens (tertiary/aromatic N) is 1. The molecule has 1 aliphatic rings. The van der Waals surface area contributed by atoms with Crippen LogP contribution < -0.4 is 0 Å².